The van der Waals surface area contributed by atoms with Crippen molar-refractivity contribution in [2.45, 2.75) is 53.0 Å². The van der Waals surface area contributed by atoms with Crippen molar-refractivity contribution >= 4 is 11.8 Å². The Kier molecular flexibility index (Phi) is 7.72. The molecule has 0 aliphatic carbocycles. The average molecular weight is 297 g/mol. The Morgan fingerprint density at radius 2 is 1.48 bits per heavy atom. The van der Waals surface area contributed by atoms with E-state index in [0.29, 0.717) is 51.0 Å². The zero-order valence-corrected chi connectivity index (χ0v) is 14.0. The van der Waals surface area contributed by atoms with Crippen molar-refractivity contribution in [2.75, 3.05) is 32.7 Å². The van der Waals surface area contributed by atoms with Crippen LogP contribution in [-0.2, 0) is 9.59 Å². The van der Waals surface area contributed by atoms with Gasteiger partial charge in [0.2, 0.25) is 11.8 Å². The summed E-state index contributed by atoms with van der Waals surface area (Å²) in [5, 5.41) is 3.32. The van der Waals surface area contributed by atoms with Crippen molar-refractivity contribution in [3.8, 4) is 0 Å². The molecule has 1 fully saturated rings. The minimum absolute atomic E-state index is 0.219. The third kappa shape index (κ3) is 6.93. The molecule has 1 saturated heterocycles. The fraction of sp³-hybridized carbons (Fsp3) is 0.875. The number of carbonyl (C=O) groups is 2. The van der Waals surface area contributed by atoms with Gasteiger partial charge in [-0.05, 0) is 18.9 Å². The highest BCUT2D eigenvalue weighted by Gasteiger charge is 2.23. The van der Waals surface area contributed by atoms with Gasteiger partial charge in [-0.2, -0.15) is 0 Å². The molecule has 0 saturated carbocycles. The molecule has 0 radical (unpaired) electrons. The van der Waals surface area contributed by atoms with Gasteiger partial charge in [0.15, 0.2) is 0 Å². The van der Waals surface area contributed by atoms with Crippen LogP contribution in [0.25, 0.3) is 0 Å². The number of carbonyl (C=O) groups excluding carboxylic acids is 2. The molecule has 1 rings (SSSR count). The van der Waals surface area contributed by atoms with Crippen molar-refractivity contribution in [3.05, 3.63) is 0 Å². The molecule has 1 heterocycles. The molecule has 0 aromatic carbocycles. The lowest BCUT2D eigenvalue weighted by molar-refractivity contribution is -0.140. The molecular weight excluding hydrogens is 266 g/mol. The number of hydrogen-bond donors (Lipinski definition) is 1. The second-order valence-electron chi connectivity index (χ2n) is 6.57. The molecule has 0 aromatic rings. The SMILES string of the molecule is CC(C)CC(=O)N1CCN(C(=O)CCCNC(C)C)CC1. The highest BCUT2D eigenvalue weighted by atomic mass is 16.2. The van der Waals surface area contributed by atoms with E-state index in [9.17, 15) is 9.59 Å². The molecule has 0 aromatic heterocycles. The first-order valence-corrected chi connectivity index (χ1v) is 8.19. The molecule has 21 heavy (non-hydrogen) atoms. The van der Waals surface area contributed by atoms with E-state index in [4.69, 9.17) is 0 Å². The fourth-order valence-electron chi connectivity index (χ4n) is 2.47. The largest absolute Gasteiger partial charge is 0.339 e. The van der Waals surface area contributed by atoms with Gasteiger partial charge in [-0.15, -0.1) is 0 Å². The van der Waals surface area contributed by atoms with Gasteiger partial charge in [-0.25, -0.2) is 0 Å². The summed E-state index contributed by atoms with van der Waals surface area (Å²) in [6, 6.07) is 0.468. The van der Waals surface area contributed by atoms with Crippen LogP contribution in [0.2, 0.25) is 0 Å². The van der Waals surface area contributed by atoms with E-state index in [2.05, 4.69) is 33.0 Å². The monoisotopic (exact) mass is 297 g/mol. The second-order valence-corrected chi connectivity index (χ2v) is 6.57. The molecule has 1 N–H and O–H groups in total. The van der Waals surface area contributed by atoms with Crippen LogP contribution in [0, 0.1) is 5.92 Å². The third-order valence-electron chi connectivity index (χ3n) is 3.69. The van der Waals surface area contributed by atoms with Crippen molar-refractivity contribution in [1.82, 2.24) is 15.1 Å². The lowest BCUT2D eigenvalue weighted by Crippen LogP contribution is -2.50. The molecule has 122 valence electrons. The first-order valence-electron chi connectivity index (χ1n) is 8.19. The van der Waals surface area contributed by atoms with Crippen LogP contribution in [0.5, 0.6) is 0 Å². The number of amides is 2. The van der Waals surface area contributed by atoms with Crippen LogP contribution in [0.15, 0.2) is 0 Å². The molecule has 2 amide bonds. The van der Waals surface area contributed by atoms with Gasteiger partial charge in [0, 0.05) is 45.1 Å². The van der Waals surface area contributed by atoms with Gasteiger partial charge >= 0.3 is 0 Å². The molecular formula is C16H31N3O2. The summed E-state index contributed by atoms with van der Waals surface area (Å²) in [6.45, 7) is 11.9. The maximum Gasteiger partial charge on any atom is 0.222 e. The minimum atomic E-state index is 0.219. The summed E-state index contributed by atoms with van der Waals surface area (Å²) >= 11 is 0. The van der Waals surface area contributed by atoms with Crippen molar-refractivity contribution < 1.29 is 9.59 Å². The summed E-state index contributed by atoms with van der Waals surface area (Å²) in [4.78, 5) is 27.9. The number of nitrogens with one attached hydrogen (secondary N) is 1. The Morgan fingerprint density at radius 1 is 0.952 bits per heavy atom. The van der Waals surface area contributed by atoms with Gasteiger partial charge in [0.05, 0.1) is 0 Å². The first-order chi connectivity index (χ1) is 9.90. The van der Waals surface area contributed by atoms with Crippen LogP contribution >= 0.6 is 0 Å². The molecule has 5 heteroatoms. The number of nitrogens with zero attached hydrogens (tertiary/aromatic N) is 2. The van der Waals surface area contributed by atoms with Crippen LogP contribution in [0.3, 0.4) is 0 Å². The Labute approximate surface area is 129 Å². The highest BCUT2D eigenvalue weighted by molar-refractivity contribution is 5.78. The number of piperazine rings is 1. The van der Waals surface area contributed by atoms with Crippen LogP contribution in [0.4, 0.5) is 0 Å². The molecule has 5 nitrogen and oxygen atoms in total. The van der Waals surface area contributed by atoms with Crippen molar-refractivity contribution in [3.63, 3.8) is 0 Å². The van der Waals surface area contributed by atoms with Crippen LogP contribution < -0.4 is 5.32 Å². The lowest BCUT2D eigenvalue weighted by atomic mass is 10.1. The molecule has 1 aliphatic heterocycles. The van der Waals surface area contributed by atoms with Crippen LogP contribution in [0.1, 0.15) is 47.0 Å². The third-order valence-corrected chi connectivity index (χ3v) is 3.69. The van der Waals surface area contributed by atoms with E-state index in [1.807, 2.05) is 9.80 Å². The van der Waals surface area contributed by atoms with Gasteiger partial charge in [-0.1, -0.05) is 27.7 Å². The van der Waals surface area contributed by atoms with E-state index in [0.717, 1.165) is 13.0 Å². The topological polar surface area (TPSA) is 52.7 Å². The fourth-order valence-corrected chi connectivity index (χ4v) is 2.47. The average Bonchev–Trinajstić information content (AvgIpc) is 2.42. The van der Waals surface area contributed by atoms with E-state index in [-0.39, 0.29) is 11.8 Å². The first kappa shape index (κ1) is 18.0. The smallest absolute Gasteiger partial charge is 0.222 e. The minimum Gasteiger partial charge on any atom is -0.339 e. The summed E-state index contributed by atoms with van der Waals surface area (Å²) in [5.41, 5.74) is 0. The molecule has 0 spiro atoms. The van der Waals surface area contributed by atoms with Crippen molar-refractivity contribution in [2.24, 2.45) is 5.92 Å². The maximum absolute atomic E-state index is 12.1. The number of hydrogen-bond acceptors (Lipinski definition) is 3. The van der Waals surface area contributed by atoms with Gasteiger partial charge < -0.3 is 15.1 Å². The summed E-state index contributed by atoms with van der Waals surface area (Å²) in [5.74, 6) is 0.834. The van der Waals surface area contributed by atoms with Gasteiger partial charge in [-0.3, -0.25) is 9.59 Å². The molecule has 1 aliphatic rings. The molecule has 0 bridgehead atoms. The van der Waals surface area contributed by atoms with E-state index in [1.165, 1.54) is 0 Å². The van der Waals surface area contributed by atoms with E-state index in [1.54, 1.807) is 0 Å². The van der Waals surface area contributed by atoms with E-state index < -0.39 is 0 Å². The Bertz CT molecular complexity index is 334. The second kappa shape index (κ2) is 9.03. The Balaban J connectivity index is 2.22. The predicted octanol–water partition coefficient (Wildman–Crippen LogP) is 1.48. The van der Waals surface area contributed by atoms with Crippen molar-refractivity contribution in [1.29, 1.82) is 0 Å². The highest BCUT2D eigenvalue weighted by Crippen LogP contribution is 2.09. The molecule has 0 atom stereocenters. The lowest BCUT2D eigenvalue weighted by Gasteiger charge is -2.35. The van der Waals surface area contributed by atoms with Crippen LogP contribution in [-0.4, -0.2) is 60.4 Å². The normalized spacial score (nSPS) is 15.9. The summed E-state index contributed by atoms with van der Waals surface area (Å²) in [7, 11) is 0. The van der Waals surface area contributed by atoms with Gasteiger partial charge in [0.1, 0.15) is 0 Å². The van der Waals surface area contributed by atoms with E-state index >= 15 is 0 Å². The quantitative estimate of drug-likeness (QED) is 0.724. The Morgan fingerprint density at radius 3 is 1.95 bits per heavy atom. The summed E-state index contributed by atoms with van der Waals surface area (Å²) in [6.07, 6.45) is 2.08. The molecule has 0 unspecified atom stereocenters. The van der Waals surface area contributed by atoms with Gasteiger partial charge in [0.25, 0.3) is 0 Å². The maximum atomic E-state index is 12.1. The summed E-state index contributed by atoms with van der Waals surface area (Å²) < 4.78 is 0. The standard InChI is InChI=1S/C16H31N3O2/c1-13(2)12-16(21)19-10-8-18(9-11-19)15(20)6-5-7-17-14(3)4/h13-14,17H,5-12H2,1-4H3. The Hall–Kier alpha value is -1.10. The zero-order valence-electron chi connectivity index (χ0n) is 14.0. The number of rotatable bonds is 7. The predicted molar refractivity (Wildman–Crippen MR) is 85.0 cm³/mol. The zero-order chi connectivity index (χ0) is 15.8.